The molecule has 24 heavy (non-hydrogen) atoms. The summed E-state index contributed by atoms with van der Waals surface area (Å²) in [6.45, 7) is 6.03. The third kappa shape index (κ3) is 4.98. The molecule has 1 saturated heterocycles. The van der Waals surface area contributed by atoms with E-state index < -0.39 is 0 Å². The van der Waals surface area contributed by atoms with Crippen LogP contribution in [0.25, 0.3) is 0 Å². The number of thioether (sulfide) groups is 1. The highest BCUT2D eigenvalue weighted by atomic mass is 32.2. The molecule has 2 atom stereocenters. The minimum atomic E-state index is -0.0593. The van der Waals surface area contributed by atoms with Gasteiger partial charge in [0.1, 0.15) is 5.37 Å². The predicted molar refractivity (Wildman–Crippen MR) is 98.0 cm³/mol. The van der Waals surface area contributed by atoms with E-state index in [-0.39, 0.29) is 22.4 Å². The average molecular weight is 351 g/mol. The topological polar surface area (TPSA) is 53.9 Å². The van der Waals surface area contributed by atoms with Crippen molar-refractivity contribution in [3.63, 3.8) is 0 Å². The largest absolute Gasteiger partial charge is 0.350 e. The zero-order valence-corrected chi connectivity index (χ0v) is 15.8. The molecule has 1 heterocycles. The van der Waals surface area contributed by atoms with Crippen molar-refractivity contribution < 1.29 is 14.5 Å². The number of rotatable bonds is 7. The number of hydrogen-bond acceptors (Lipinski definition) is 3. The van der Waals surface area contributed by atoms with Crippen LogP contribution in [0, 0.1) is 6.92 Å². The van der Waals surface area contributed by atoms with Gasteiger partial charge in [-0.05, 0) is 19.4 Å². The molecule has 0 unspecified atom stereocenters. The number of amides is 2. The zero-order valence-electron chi connectivity index (χ0n) is 15.0. The minimum absolute atomic E-state index is 0.00594. The molecule has 0 radical (unpaired) electrons. The molecule has 0 aromatic heterocycles. The zero-order chi connectivity index (χ0) is 17.7. The molecule has 0 spiro atoms. The number of likely N-dealkylation sites (N-methyl/N-ethyl adjacent to an activating group) is 1. The lowest BCUT2D eigenvalue weighted by atomic mass is 10.1. The van der Waals surface area contributed by atoms with Gasteiger partial charge in [0, 0.05) is 13.0 Å². The first-order valence-corrected chi connectivity index (χ1v) is 9.41. The maximum absolute atomic E-state index is 12.5. The van der Waals surface area contributed by atoms with E-state index in [1.165, 1.54) is 10.5 Å². The number of benzene rings is 1. The van der Waals surface area contributed by atoms with Crippen LogP contribution >= 0.6 is 11.8 Å². The van der Waals surface area contributed by atoms with Gasteiger partial charge in [-0.15, -0.1) is 11.8 Å². The third-order valence-electron chi connectivity index (χ3n) is 4.10. The SMILES string of the molecule is Cc1cccc([C@H]2S[C@H](C)C(=O)N2CCC(=O)NCC[NH+](C)C)c1. The predicted octanol–water partition coefficient (Wildman–Crippen LogP) is 0.608. The first-order chi connectivity index (χ1) is 11.4. The molecule has 1 aliphatic rings. The second-order valence-electron chi connectivity index (χ2n) is 6.63. The lowest BCUT2D eigenvalue weighted by Gasteiger charge is -2.24. The van der Waals surface area contributed by atoms with Gasteiger partial charge >= 0.3 is 0 Å². The molecule has 0 bridgehead atoms. The Morgan fingerprint density at radius 2 is 2.12 bits per heavy atom. The number of carbonyl (C=O) groups is 2. The molecule has 1 fully saturated rings. The molecule has 1 aliphatic heterocycles. The van der Waals surface area contributed by atoms with Gasteiger partial charge in [0.2, 0.25) is 11.8 Å². The van der Waals surface area contributed by atoms with Crippen molar-refractivity contribution in [3.05, 3.63) is 35.4 Å². The standard InChI is InChI=1S/C18H27N3O2S/c1-13-6-5-7-15(12-13)18-21(17(23)14(2)24-18)10-8-16(22)19-9-11-20(3)4/h5-7,12,14,18H,8-11H2,1-4H3,(H,19,22)/p+1/t14-,18-/m1/s1. The van der Waals surface area contributed by atoms with Gasteiger partial charge in [0.15, 0.2) is 0 Å². The highest BCUT2D eigenvalue weighted by Crippen LogP contribution is 2.42. The lowest BCUT2D eigenvalue weighted by molar-refractivity contribution is -0.856. The number of aryl methyl sites for hydroxylation is 1. The van der Waals surface area contributed by atoms with Crippen molar-refractivity contribution in [2.75, 3.05) is 33.7 Å². The summed E-state index contributed by atoms with van der Waals surface area (Å²) in [5.74, 6) is 0.133. The summed E-state index contributed by atoms with van der Waals surface area (Å²) in [5.41, 5.74) is 2.32. The average Bonchev–Trinajstić information content (AvgIpc) is 2.80. The van der Waals surface area contributed by atoms with E-state index in [9.17, 15) is 9.59 Å². The van der Waals surface area contributed by atoms with Crippen molar-refractivity contribution in [1.82, 2.24) is 10.2 Å². The summed E-state index contributed by atoms with van der Waals surface area (Å²) < 4.78 is 0. The second-order valence-corrected chi connectivity index (χ2v) is 8.06. The fourth-order valence-electron chi connectivity index (χ4n) is 2.75. The molecular weight excluding hydrogens is 322 g/mol. The lowest BCUT2D eigenvalue weighted by Crippen LogP contribution is -3.06. The molecule has 1 aromatic carbocycles. The molecule has 0 saturated carbocycles. The van der Waals surface area contributed by atoms with E-state index >= 15 is 0 Å². The van der Waals surface area contributed by atoms with E-state index in [2.05, 4.69) is 44.5 Å². The normalized spacial score (nSPS) is 20.7. The Hall–Kier alpha value is -1.53. The van der Waals surface area contributed by atoms with E-state index in [0.29, 0.717) is 19.5 Å². The van der Waals surface area contributed by atoms with Gasteiger partial charge in [0.05, 0.1) is 32.4 Å². The molecule has 1 aromatic rings. The summed E-state index contributed by atoms with van der Waals surface area (Å²) in [4.78, 5) is 27.6. The maximum atomic E-state index is 12.5. The quantitative estimate of drug-likeness (QED) is 0.758. The van der Waals surface area contributed by atoms with Crippen LogP contribution in [0.5, 0.6) is 0 Å². The molecule has 0 aliphatic carbocycles. The number of quaternary nitrogens is 1. The summed E-state index contributed by atoms with van der Waals surface area (Å²) in [6, 6.07) is 8.25. The van der Waals surface area contributed by atoms with Crippen LogP contribution in [-0.2, 0) is 9.59 Å². The van der Waals surface area contributed by atoms with Gasteiger partial charge in [-0.2, -0.15) is 0 Å². The van der Waals surface area contributed by atoms with Crippen molar-refractivity contribution in [2.24, 2.45) is 0 Å². The summed E-state index contributed by atoms with van der Waals surface area (Å²) >= 11 is 1.66. The number of nitrogens with zero attached hydrogens (tertiary/aromatic N) is 1. The van der Waals surface area contributed by atoms with Crippen LogP contribution in [0.3, 0.4) is 0 Å². The van der Waals surface area contributed by atoms with Crippen LogP contribution in [0.1, 0.15) is 29.8 Å². The Morgan fingerprint density at radius 1 is 1.38 bits per heavy atom. The van der Waals surface area contributed by atoms with E-state index in [0.717, 1.165) is 12.1 Å². The maximum Gasteiger partial charge on any atom is 0.236 e. The van der Waals surface area contributed by atoms with Crippen LogP contribution in [-0.4, -0.2) is 55.7 Å². The van der Waals surface area contributed by atoms with Crippen molar-refractivity contribution in [3.8, 4) is 0 Å². The minimum Gasteiger partial charge on any atom is -0.350 e. The first kappa shape index (κ1) is 18.8. The van der Waals surface area contributed by atoms with Gasteiger partial charge in [-0.1, -0.05) is 29.8 Å². The molecular formula is C18H28N3O2S+. The Kier molecular flexibility index (Phi) is 6.69. The molecule has 2 N–H and O–H groups in total. The van der Waals surface area contributed by atoms with E-state index in [1.54, 1.807) is 11.8 Å². The Bertz CT molecular complexity index is 591. The first-order valence-electron chi connectivity index (χ1n) is 8.46. The summed E-state index contributed by atoms with van der Waals surface area (Å²) in [6.07, 6.45) is 0.351. The number of carbonyl (C=O) groups excluding carboxylic acids is 2. The fraction of sp³-hybridized carbons (Fsp3) is 0.556. The van der Waals surface area contributed by atoms with Crippen molar-refractivity contribution in [1.29, 1.82) is 0 Å². The van der Waals surface area contributed by atoms with Crippen LogP contribution in [0.15, 0.2) is 24.3 Å². The highest BCUT2D eigenvalue weighted by molar-refractivity contribution is 8.01. The Morgan fingerprint density at radius 3 is 2.79 bits per heavy atom. The van der Waals surface area contributed by atoms with Gasteiger partial charge in [-0.25, -0.2) is 0 Å². The Labute approximate surface area is 148 Å². The third-order valence-corrected chi connectivity index (χ3v) is 5.50. The van der Waals surface area contributed by atoms with Gasteiger partial charge < -0.3 is 15.1 Å². The summed E-state index contributed by atoms with van der Waals surface area (Å²) in [5, 5.41) is 2.87. The van der Waals surface area contributed by atoms with Crippen molar-refractivity contribution >= 4 is 23.6 Å². The van der Waals surface area contributed by atoms with Crippen LogP contribution < -0.4 is 10.2 Å². The summed E-state index contributed by atoms with van der Waals surface area (Å²) in [7, 11) is 4.11. The van der Waals surface area contributed by atoms with Crippen LogP contribution in [0.2, 0.25) is 0 Å². The van der Waals surface area contributed by atoms with E-state index in [4.69, 9.17) is 0 Å². The molecule has 5 nitrogen and oxygen atoms in total. The van der Waals surface area contributed by atoms with Crippen molar-refractivity contribution in [2.45, 2.75) is 30.9 Å². The smallest absolute Gasteiger partial charge is 0.236 e. The molecule has 2 rings (SSSR count). The monoisotopic (exact) mass is 350 g/mol. The Balaban J connectivity index is 1.95. The second kappa shape index (κ2) is 8.53. The van der Waals surface area contributed by atoms with Crippen LogP contribution in [0.4, 0.5) is 0 Å². The molecule has 6 heteroatoms. The molecule has 132 valence electrons. The molecule has 2 amide bonds. The highest BCUT2D eigenvalue weighted by Gasteiger charge is 2.38. The van der Waals surface area contributed by atoms with Gasteiger partial charge in [-0.3, -0.25) is 9.59 Å². The number of nitrogens with one attached hydrogen (secondary N) is 2. The number of hydrogen-bond donors (Lipinski definition) is 2. The van der Waals surface area contributed by atoms with E-state index in [1.807, 2.05) is 17.9 Å². The fourth-order valence-corrected chi connectivity index (χ4v) is 4.04. The van der Waals surface area contributed by atoms with Gasteiger partial charge in [0.25, 0.3) is 0 Å².